The summed E-state index contributed by atoms with van der Waals surface area (Å²) in [5, 5.41) is 11.1. The molecule has 0 unspecified atom stereocenters. The molecule has 5 aromatic rings. The lowest BCUT2D eigenvalue weighted by Crippen LogP contribution is -2.14. The normalized spacial score (nSPS) is 11.3. The maximum absolute atomic E-state index is 13.0. The fourth-order valence-corrected chi connectivity index (χ4v) is 5.19. The third-order valence-corrected chi connectivity index (χ3v) is 7.68. The number of anilines is 1. The number of ether oxygens (including phenoxy) is 3. The minimum atomic E-state index is -4.03. The number of rotatable bonds is 10. The Bertz CT molecular complexity index is 1990. The molecule has 0 spiro atoms. The number of methoxy groups -OCH3 is 2. The Hall–Kier alpha value is -5.82. The maximum Gasteiger partial charge on any atom is 0.344 e. The molecule has 13 heteroatoms. The van der Waals surface area contributed by atoms with Crippen molar-refractivity contribution in [1.29, 1.82) is 0 Å². The van der Waals surface area contributed by atoms with Gasteiger partial charge in [0.05, 0.1) is 35.9 Å². The molecule has 0 aliphatic rings. The van der Waals surface area contributed by atoms with Crippen LogP contribution in [0.15, 0.2) is 101 Å². The van der Waals surface area contributed by atoms with Crippen LogP contribution in [0.2, 0.25) is 0 Å². The summed E-state index contributed by atoms with van der Waals surface area (Å²) in [5.74, 6) is -1.86. The first-order valence-electron chi connectivity index (χ1n) is 12.9. The Labute approximate surface area is 251 Å². The SMILES string of the molecule is COc1cc(NS(=O)(=O)c2ccc(N=Cc3c(OC(=O)c4ccccc4C(=O)O)ccc4ccccc34)cc2)nc(OC)n1. The highest BCUT2D eigenvalue weighted by Gasteiger charge is 2.20. The van der Waals surface area contributed by atoms with Crippen molar-refractivity contribution in [3.05, 3.63) is 108 Å². The first-order chi connectivity index (χ1) is 21.2. The second-order valence-electron chi connectivity index (χ2n) is 9.08. The number of carboxylic acids is 1. The molecule has 1 aromatic heterocycles. The van der Waals surface area contributed by atoms with Gasteiger partial charge in [0.25, 0.3) is 10.0 Å². The van der Waals surface area contributed by atoms with Crippen molar-refractivity contribution in [1.82, 2.24) is 9.97 Å². The van der Waals surface area contributed by atoms with E-state index in [1.54, 1.807) is 18.2 Å². The number of hydrogen-bond acceptors (Lipinski definition) is 10. The Balaban J connectivity index is 1.42. The number of aliphatic imine (C=N–C) groups is 1. The zero-order chi connectivity index (χ0) is 31.3. The van der Waals surface area contributed by atoms with Crippen molar-refractivity contribution in [3.63, 3.8) is 0 Å². The summed E-state index contributed by atoms with van der Waals surface area (Å²) in [4.78, 5) is 37.0. The second kappa shape index (κ2) is 12.6. The van der Waals surface area contributed by atoms with Crippen LogP contribution in [-0.2, 0) is 10.0 Å². The molecule has 0 fully saturated rings. The molecule has 5 rings (SSSR count). The average Bonchev–Trinajstić information content (AvgIpc) is 3.03. The van der Waals surface area contributed by atoms with Gasteiger partial charge in [0.1, 0.15) is 5.75 Å². The largest absolute Gasteiger partial charge is 0.481 e. The molecule has 0 radical (unpaired) electrons. The smallest absolute Gasteiger partial charge is 0.344 e. The number of nitrogens with zero attached hydrogens (tertiary/aromatic N) is 3. The van der Waals surface area contributed by atoms with E-state index in [2.05, 4.69) is 19.7 Å². The minimum Gasteiger partial charge on any atom is -0.481 e. The molecule has 0 amide bonds. The summed E-state index contributed by atoms with van der Waals surface area (Å²) < 4.78 is 44.1. The quantitative estimate of drug-likeness (QED) is 0.123. The molecule has 0 atom stereocenters. The number of nitrogens with one attached hydrogen (secondary N) is 1. The van der Waals surface area contributed by atoms with Crippen LogP contribution < -0.4 is 18.9 Å². The Morgan fingerprint density at radius 2 is 1.57 bits per heavy atom. The predicted octanol–water partition coefficient (Wildman–Crippen LogP) is 5.12. The van der Waals surface area contributed by atoms with Gasteiger partial charge in [-0.05, 0) is 53.2 Å². The van der Waals surface area contributed by atoms with E-state index in [4.69, 9.17) is 14.2 Å². The third-order valence-electron chi connectivity index (χ3n) is 6.31. The second-order valence-corrected chi connectivity index (χ2v) is 10.8. The van der Waals surface area contributed by atoms with E-state index in [0.29, 0.717) is 11.3 Å². The van der Waals surface area contributed by atoms with Crippen molar-refractivity contribution in [2.24, 2.45) is 4.99 Å². The van der Waals surface area contributed by atoms with Gasteiger partial charge in [-0.3, -0.25) is 9.71 Å². The Kier molecular flexibility index (Phi) is 8.49. The number of carbonyl (C=O) groups excluding carboxylic acids is 1. The molecule has 4 aromatic carbocycles. The van der Waals surface area contributed by atoms with Crippen molar-refractivity contribution >= 4 is 50.5 Å². The average molecular weight is 613 g/mol. The molecule has 0 aliphatic carbocycles. The molecule has 44 heavy (non-hydrogen) atoms. The van der Waals surface area contributed by atoms with E-state index in [1.807, 2.05) is 24.3 Å². The number of hydrogen-bond donors (Lipinski definition) is 2. The lowest BCUT2D eigenvalue weighted by atomic mass is 10.0. The molecule has 0 bridgehead atoms. The van der Waals surface area contributed by atoms with Gasteiger partial charge < -0.3 is 19.3 Å². The predicted molar refractivity (Wildman–Crippen MR) is 162 cm³/mol. The zero-order valence-corrected chi connectivity index (χ0v) is 24.1. The van der Waals surface area contributed by atoms with Crippen LogP contribution in [-0.4, -0.2) is 55.9 Å². The van der Waals surface area contributed by atoms with Gasteiger partial charge in [-0.25, -0.2) is 18.0 Å². The lowest BCUT2D eigenvalue weighted by molar-refractivity contribution is 0.0668. The highest BCUT2D eigenvalue weighted by molar-refractivity contribution is 7.92. The molecule has 0 saturated heterocycles. The van der Waals surface area contributed by atoms with E-state index in [0.717, 1.165) is 10.8 Å². The van der Waals surface area contributed by atoms with Crippen molar-refractivity contribution < 1.29 is 37.3 Å². The van der Waals surface area contributed by atoms with Crippen LogP contribution in [0.1, 0.15) is 26.3 Å². The third kappa shape index (κ3) is 6.47. The van der Waals surface area contributed by atoms with E-state index < -0.39 is 22.0 Å². The summed E-state index contributed by atoms with van der Waals surface area (Å²) in [5.41, 5.74) is 0.598. The molecule has 0 aliphatic heterocycles. The van der Waals surface area contributed by atoms with Gasteiger partial charge in [-0.1, -0.05) is 42.5 Å². The van der Waals surface area contributed by atoms with E-state index in [1.165, 1.54) is 69.0 Å². The molecule has 222 valence electrons. The number of esters is 1. The van der Waals surface area contributed by atoms with Crippen molar-refractivity contribution in [3.8, 4) is 17.6 Å². The highest BCUT2D eigenvalue weighted by atomic mass is 32.2. The van der Waals surface area contributed by atoms with Crippen molar-refractivity contribution in [2.45, 2.75) is 4.90 Å². The van der Waals surface area contributed by atoms with Crippen LogP contribution >= 0.6 is 0 Å². The topological polar surface area (TPSA) is 166 Å². The lowest BCUT2D eigenvalue weighted by Gasteiger charge is -2.12. The Morgan fingerprint density at radius 3 is 2.27 bits per heavy atom. The van der Waals surface area contributed by atoms with Gasteiger partial charge in [-0.15, -0.1) is 0 Å². The van der Waals surface area contributed by atoms with Gasteiger partial charge in [0, 0.05) is 17.8 Å². The van der Waals surface area contributed by atoms with Crippen LogP contribution in [0.4, 0.5) is 11.5 Å². The summed E-state index contributed by atoms with van der Waals surface area (Å²) in [6.45, 7) is 0. The number of sulfonamides is 1. The zero-order valence-electron chi connectivity index (χ0n) is 23.3. The van der Waals surface area contributed by atoms with Crippen LogP contribution in [0.3, 0.4) is 0 Å². The van der Waals surface area contributed by atoms with Gasteiger partial charge >= 0.3 is 17.9 Å². The fraction of sp³-hybridized carbons (Fsp3) is 0.0645. The maximum atomic E-state index is 13.0. The number of aromatic nitrogens is 2. The summed E-state index contributed by atoms with van der Waals surface area (Å²) >= 11 is 0. The molecular formula is C31H24N4O8S. The molecular weight excluding hydrogens is 588 g/mol. The van der Waals surface area contributed by atoms with Crippen LogP contribution in [0, 0.1) is 0 Å². The van der Waals surface area contributed by atoms with Crippen LogP contribution in [0.25, 0.3) is 10.8 Å². The molecule has 1 heterocycles. The monoisotopic (exact) mass is 612 g/mol. The standard InChI is InChI=1S/C31H24N4O8S/c1-41-28-17-27(33-31(34-28)42-2)35-44(39,40)21-14-12-20(13-15-21)32-18-25-22-8-4-3-7-19(22)11-16-26(25)43-30(38)24-10-6-5-9-23(24)29(36)37/h3-18H,1-2H3,(H,36,37)(H,33,34,35). The number of fused-ring (bicyclic) bond motifs is 1. The van der Waals surface area contributed by atoms with Crippen LogP contribution in [0.5, 0.6) is 17.6 Å². The number of carboxylic acid groups (broad SMARTS) is 1. The molecule has 12 nitrogen and oxygen atoms in total. The fourth-order valence-electron chi connectivity index (χ4n) is 4.20. The Morgan fingerprint density at radius 1 is 0.864 bits per heavy atom. The first kappa shape index (κ1) is 29.7. The summed E-state index contributed by atoms with van der Waals surface area (Å²) in [7, 11) is -1.31. The highest BCUT2D eigenvalue weighted by Crippen LogP contribution is 2.29. The minimum absolute atomic E-state index is 0.0418. The van der Waals surface area contributed by atoms with Crippen molar-refractivity contribution in [2.75, 3.05) is 18.9 Å². The number of carbonyl (C=O) groups is 2. The van der Waals surface area contributed by atoms with Gasteiger partial charge in [-0.2, -0.15) is 9.97 Å². The molecule has 0 saturated carbocycles. The first-order valence-corrected chi connectivity index (χ1v) is 14.4. The summed E-state index contributed by atoms with van der Waals surface area (Å²) in [6.07, 6.45) is 1.50. The van der Waals surface area contributed by atoms with E-state index >= 15 is 0 Å². The van der Waals surface area contributed by atoms with Gasteiger partial charge in [0.2, 0.25) is 5.88 Å². The molecule has 2 N–H and O–H groups in total. The number of aromatic carboxylic acids is 1. The van der Waals surface area contributed by atoms with E-state index in [9.17, 15) is 23.1 Å². The van der Waals surface area contributed by atoms with E-state index in [-0.39, 0.29) is 39.5 Å². The number of benzene rings is 4. The van der Waals surface area contributed by atoms with Gasteiger partial charge in [0.15, 0.2) is 5.82 Å². The summed E-state index contributed by atoms with van der Waals surface area (Å²) in [6, 6.07) is 23.5.